The molecule has 0 bridgehead atoms. The quantitative estimate of drug-likeness (QED) is 0.655. The van der Waals surface area contributed by atoms with E-state index in [1.165, 1.54) is 5.56 Å². The Labute approximate surface area is 149 Å². The number of nitrogens with zero attached hydrogens (tertiary/aromatic N) is 5. The standard InChI is InChI=1S/C18H27N7/c1-12(2)17-24-23-16-8-7-14(11-25(16)17)22-18(19-4)21-10-15-13(3)6-5-9-20-15/h5-6,9,12,14H,7-8,10-11H2,1-4H3,(H2,19,21,22). The lowest BCUT2D eigenvalue weighted by molar-refractivity contribution is 0.407. The molecule has 0 radical (unpaired) electrons. The molecule has 25 heavy (non-hydrogen) atoms. The van der Waals surface area contributed by atoms with E-state index in [1.807, 2.05) is 12.3 Å². The molecule has 1 aliphatic rings. The van der Waals surface area contributed by atoms with Gasteiger partial charge in [0.25, 0.3) is 0 Å². The molecule has 1 unspecified atom stereocenters. The lowest BCUT2D eigenvalue weighted by Crippen LogP contribution is -2.47. The third kappa shape index (κ3) is 3.97. The summed E-state index contributed by atoms with van der Waals surface area (Å²) < 4.78 is 2.25. The molecule has 0 fully saturated rings. The summed E-state index contributed by atoms with van der Waals surface area (Å²) in [4.78, 5) is 8.77. The lowest BCUT2D eigenvalue weighted by Gasteiger charge is -2.27. The molecule has 7 heteroatoms. The van der Waals surface area contributed by atoms with Gasteiger partial charge in [-0.25, -0.2) is 0 Å². The maximum atomic E-state index is 4.42. The van der Waals surface area contributed by atoms with Gasteiger partial charge in [-0.2, -0.15) is 0 Å². The van der Waals surface area contributed by atoms with Gasteiger partial charge in [0.1, 0.15) is 11.6 Å². The molecule has 0 spiro atoms. The van der Waals surface area contributed by atoms with E-state index in [4.69, 9.17) is 0 Å². The van der Waals surface area contributed by atoms with Gasteiger partial charge in [0, 0.05) is 38.2 Å². The van der Waals surface area contributed by atoms with Crippen LogP contribution in [0.5, 0.6) is 0 Å². The van der Waals surface area contributed by atoms with Crippen molar-refractivity contribution >= 4 is 5.96 Å². The first-order chi connectivity index (χ1) is 12.1. The van der Waals surface area contributed by atoms with Gasteiger partial charge in [0.15, 0.2) is 5.96 Å². The summed E-state index contributed by atoms with van der Waals surface area (Å²) in [6.07, 6.45) is 3.79. The lowest BCUT2D eigenvalue weighted by atomic mass is 10.1. The number of nitrogens with one attached hydrogen (secondary N) is 2. The maximum absolute atomic E-state index is 4.42. The molecule has 0 saturated heterocycles. The summed E-state index contributed by atoms with van der Waals surface area (Å²) in [5.74, 6) is 3.34. The number of guanidine groups is 1. The van der Waals surface area contributed by atoms with Crippen LogP contribution in [-0.4, -0.2) is 38.8 Å². The molecule has 2 N–H and O–H groups in total. The number of hydrogen-bond donors (Lipinski definition) is 2. The van der Waals surface area contributed by atoms with Gasteiger partial charge in [0.2, 0.25) is 0 Å². The van der Waals surface area contributed by atoms with Crippen LogP contribution in [-0.2, 0) is 19.5 Å². The summed E-state index contributed by atoms with van der Waals surface area (Å²) in [5, 5.41) is 15.6. The second kappa shape index (κ2) is 7.63. The van der Waals surface area contributed by atoms with Crippen molar-refractivity contribution in [1.82, 2.24) is 30.4 Å². The molecule has 134 valence electrons. The summed E-state index contributed by atoms with van der Waals surface area (Å²) in [5.41, 5.74) is 2.22. The van der Waals surface area contributed by atoms with Gasteiger partial charge in [-0.1, -0.05) is 19.9 Å². The highest BCUT2D eigenvalue weighted by Crippen LogP contribution is 2.20. The average molecular weight is 341 g/mol. The zero-order valence-electron chi connectivity index (χ0n) is 15.5. The van der Waals surface area contributed by atoms with Crippen molar-refractivity contribution in [2.45, 2.75) is 58.7 Å². The van der Waals surface area contributed by atoms with E-state index in [2.05, 4.69) is 62.2 Å². The number of fused-ring (bicyclic) bond motifs is 1. The van der Waals surface area contributed by atoms with E-state index in [0.29, 0.717) is 18.5 Å². The van der Waals surface area contributed by atoms with E-state index in [0.717, 1.165) is 42.7 Å². The predicted octanol–water partition coefficient (Wildman–Crippen LogP) is 1.78. The zero-order valence-corrected chi connectivity index (χ0v) is 15.5. The van der Waals surface area contributed by atoms with Gasteiger partial charge >= 0.3 is 0 Å². The largest absolute Gasteiger partial charge is 0.352 e. The highest BCUT2D eigenvalue weighted by atomic mass is 15.3. The van der Waals surface area contributed by atoms with Crippen LogP contribution < -0.4 is 10.6 Å². The van der Waals surface area contributed by atoms with Gasteiger partial charge < -0.3 is 15.2 Å². The SMILES string of the molecule is CN=C(NCc1ncccc1C)NC1CCc2nnc(C(C)C)n2C1. The number of aromatic nitrogens is 4. The van der Waals surface area contributed by atoms with E-state index < -0.39 is 0 Å². The number of rotatable bonds is 4. The minimum Gasteiger partial charge on any atom is -0.352 e. The Bertz CT molecular complexity index is 748. The van der Waals surface area contributed by atoms with Crippen LogP contribution in [0.1, 0.15) is 49.1 Å². The Morgan fingerprint density at radius 3 is 2.96 bits per heavy atom. The molecular weight excluding hydrogens is 314 g/mol. The van der Waals surface area contributed by atoms with Crippen LogP contribution >= 0.6 is 0 Å². The molecule has 7 nitrogen and oxygen atoms in total. The second-order valence-electron chi connectivity index (χ2n) is 6.81. The zero-order chi connectivity index (χ0) is 17.8. The molecule has 0 saturated carbocycles. The summed E-state index contributed by atoms with van der Waals surface area (Å²) in [7, 11) is 1.80. The minimum absolute atomic E-state index is 0.317. The first kappa shape index (κ1) is 17.4. The van der Waals surface area contributed by atoms with Crippen LogP contribution in [0.4, 0.5) is 0 Å². The van der Waals surface area contributed by atoms with Crippen molar-refractivity contribution in [2.75, 3.05) is 7.05 Å². The molecule has 1 atom stereocenters. The van der Waals surface area contributed by atoms with Crippen LogP contribution in [0, 0.1) is 6.92 Å². The first-order valence-electron chi connectivity index (χ1n) is 8.88. The molecule has 0 amide bonds. The summed E-state index contributed by atoms with van der Waals surface area (Å²) in [6, 6.07) is 4.34. The number of hydrogen-bond acceptors (Lipinski definition) is 4. The van der Waals surface area contributed by atoms with Crippen molar-refractivity contribution in [3.8, 4) is 0 Å². The van der Waals surface area contributed by atoms with Gasteiger partial charge in [-0.15, -0.1) is 10.2 Å². The van der Waals surface area contributed by atoms with Crippen LogP contribution in [0.3, 0.4) is 0 Å². The number of aliphatic imine (C=N–C) groups is 1. The van der Waals surface area contributed by atoms with Crippen LogP contribution in [0.15, 0.2) is 23.3 Å². The Kier molecular flexibility index (Phi) is 5.31. The van der Waals surface area contributed by atoms with E-state index in [9.17, 15) is 0 Å². The van der Waals surface area contributed by atoms with Gasteiger partial charge in [-0.05, 0) is 25.0 Å². The number of pyridine rings is 1. The first-order valence-corrected chi connectivity index (χ1v) is 8.88. The fourth-order valence-electron chi connectivity index (χ4n) is 3.15. The van der Waals surface area contributed by atoms with E-state index >= 15 is 0 Å². The van der Waals surface area contributed by atoms with Gasteiger partial charge in [0.05, 0.1) is 12.2 Å². The molecule has 3 rings (SSSR count). The predicted molar refractivity (Wildman–Crippen MR) is 98.5 cm³/mol. The van der Waals surface area contributed by atoms with Crippen molar-refractivity contribution in [3.63, 3.8) is 0 Å². The highest BCUT2D eigenvalue weighted by molar-refractivity contribution is 5.79. The fraction of sp³-hybridized carbons (Fsp3) is 0.556. The fourth-order valence-corrected chi connectivity index (χ4v) is 3.15. The van der Waals surface area contributed by atoms with Gasteiger partial charge in [-0.3, -0.25) is 9.98 Å². The summed E-state index contributed by atoms with van der Waals surface area (Å²) in [6.45, 7) is 7.92. The monoisotopic (exact) mass is 341 g/mol. The average Bonchev–Trinajstić information content (AvgIpc) is 3.03. The van der Waals surface area contributed by atoms with Crippen LogP contribution in [0.2, 0.25) is 0 Å². The second-order valence-corrected chi connectivity index (χ2v) is 6.81. The van der Waals surface area contributed by atoms with E-state index in [-0.39, 0.29) is 0 Å². The van der Waals surface area contributed by atoms with Crippen molar-refractivity contribution in [2.24, 2.45) is 4.99 Å². The smallest absolute Gasteiger partial charge is 0.191 e. The van der Waals surface area contributed by atoms with Crippen molar-refractivity contribution in [3.05, 3.63) is 41.2 Å². The molecule has 1 aliphatic heterocycles. The maximum Gasteiger partial charge on any atom is 0.191 e. The third-order valence-electron chi connectivity index (χ3n) is 4.60. The Morgan fingerprint density at radius 1 is 1.40 bits per heavy atom. The Morgan fingerprint density at radius 2 is 2.24 bits per heavy atom. The molecule has 2 aromatic rings. The third-order valence-corrected chi connectivity index (χ3v) is 4.60. The van der Waals surface area contributed by atoms with Crippen molar-refractivity contribution in [1.29, 1.82) is 0 Å². The van der Waals surface area contributed by atoms with E-state index in [1.54, 1.807) is 7.05 Å². The molecule has 0 aliphatic carbocycles. The molecular formula is C18H27N7. The highest BCUT2D eigenvalue weighted by Gasteiger charge is 2.24. The van der Waals surface area contributed by atoms with Crippen LogP contribution in [0.25, 0.3) is 0 Å². The Balaban J connectivity index is 1.61. The summed E-state index contributed by atoms with van der Waals surface area (Å²) >= 11 is 0. The number of aryl methyl sites for hydroxylation is 2. The van der Waals surface area contributed by atoms with Crippen molar-refractivity contribution < 1.29 is 0 Å². The molecule has 3 heterocycles. The topological polar surface area (TPSA) is 80.0 Å². The minimum atomic E-state index is 0.317. The Hall–Kier alpha value is -2.44. The molecule has 2 aromatic heterocycles. The molecule has 0 aromatic carbocycles. The normalized spacial score (nSPS) is 17.5.